The molecule has 0 radical (unpaired) electrons. The molecule has 0 amide bonds. The lowest BCUT2D eigenvalue weighted by atomic mass is 9.93. The standard InChI is InChI=1S/C18H39NO3/c1-5-9-10-11-12-13-17(14-15-19)16-18(20-6-2,21-7-3)22-8-4/h17H,5-16,19H2,1-4H3. The van der Waals surface area contributed by atoms with Crippen molar-refractivity contribution in [2.75, 3.05) is 26.4 Å². The van der Waals surface area contributed by atoms with Crippen molar-refractivity contribution in [3.8, 4) is 0 Å². The van der Waals surface area contributed by atoms with E-state index in [0.717, 1.165) is 12.8 Å². The smallest absolute Gasteiger partial charge is 0.283 e. The zero-order valence-corrected chi connectivity index (χ0v) is 15.4. The second-order valence-corrected chi connectivity index (χ2v) is 5.83. The molecule has 2 N–H and O–H groups in total. The van der Waals surface area contributed by atoms with Crippen molar-refractivity contribution in [1.82, 2.24) is 0 Å². The van der Waals surface area contributed by atoms with Gasteiger partial charge in [0, 0.05) is 26.2 Å². The van der Waals surface area contributed by atoms with Crippen molar-refractivity contribution in [3.05, 3.63) is 0 Å². The molecule has 0 saturated heterocycles. The molecule has 0 aromatic carbocycles. The Kier molecular flexibility index (Phi) is 14.3. The molecule has 0 fully saturated rings. The predicted octanol–water partition coefficient (Wildman–Crippen LogP) is 4.47. The van der Waals surface area contributed by atoms with Gasteiger partial charge in [-0.05, 0) is 39.7 Å². The van der Waals surface area contributed by atoms with Crippen LogP contribution in [0.3, 0.4) is 0 Å². The van der Waals surface area contributed by atoms with Gasteiger partial charge in [-0.15, -0.1) is 0 Å². The summed E-state index contributed by atoms with van der Waals surface area (Å²) in [6.07, 6.45) is 9.47. The molecule has 0 aliphatic rings. The van der Waals surface area contributed by atoms with Crippen LogP contribution in [0.5, 0.6) is 0 Å². The van der Waals surface area contributed by atoms with Gasteiger partial charge in [0.05, 0.1) is 0 Å². The molecule has 0 aliphatic heterocycles. The summed E-state index contributed by atoms with van der Waals surface area (Å²) in [6.45, 7) is 10.7. The van der Waals surface area contributed by atoms with E-state index in [-0.39, 0.29) is 0 Å². The van der Waals surface area contributed by atoms with E-state index in [4.69, 9.17) is 19.9 Å². The molecular weight excluding hydrogens is 278 g/mol. The summed E-state index contributed by atoms with van der Waals surface area (Å²) < 4.78 is 17.5. The Morgan fingerprint density at radius 2 is 1.32 bits per heavy atom. The SMILES string of the molecule is CCCCCCCC(CCN)CC(OCC)(OCC)OCC. The number of ether oxygens (including phenoxy) is 3. The topological polar surface area (TPSA) is 53.7 Å². The quantitative estimate of drug-likeness (QED) is 0.337. The second kappa shape index (κ2) is 14.4. The largest absolute Gasteiger partial charge is 0.330 e. The van der Waals surface area contributed by atoms with Crippen molar-refractivity contribution >= 4 is 0 Å². The lowest BCUT2D eigenvalue weighted by Crippen LogP contribution is -2.41. The summed E-state index contributed by atoms with van der Waals surface area (Å²) in [5, 5.41) is 0. The van der Waals surface area contributed by atoms with Crippen LogP contribution in [-0.2, 0) is 14.2 Å². The van der Waals surface area contributed by atoms with Crippen molar-refractivity contribution in [3.63, 3.8) is 0 Å². The minimum atomic E-state index is -0.887. The van der Waals surface area contributed by atoms with Gasteiger partial charge >= 0.3 is 0 Å². The number of unbranched alkanes of at least 4 members (excludes halogenated alkanes) is 4. The van der Waals surface area contributed by atoms with Crippen LogP contribution in [-0.4, -0.2) is 32.3 Å². The first kappa shape index (κ1) is 21.8. The molecule has 0 aliphatic carbocycles. The Bertz CT molecular complexity index is 219. The maximum absolute atomic E-state index is 5.85. The molecule has 0 heterocycles. The first-order valence-corrected chi connectivity index (χ1v) is 9.29. The van der Waals surface area contributed by atoms with Crippen molar-refractivity contribution < 1.29 is 14.2 Å². The molecule has 0 rings (SSSR count). The molecule has 0 bridgehead atoms. The van der Waals surface area contributed by atoms with Crippen LogP contribution in [0.25, 0.3) is 0 Å². The Hall–Kier alpha value is -0.160. The normalized spacial score (nSPS) is 13.5. The van der Waals surface area contributed by atoms with Gasteiger partial charge in [0.2, 0.25) is 0 Å². The lowest BCUT2D eigenvalue weighted by molar-refractivity contribution is -0.383. The van der Waals surface area contributed by atoms with Crippen molar-refractivity contribution in [2.24, 2.45) is 11.7 Å². The molecule has 0 saturated carbocycles. The first-order chi connectivity index (χ1) is 10.7. The van der Waals surface area contributed by atoms with Crippen LogP contribution in [0.15, 0.2) is 0 Å². The van der Waals surface area contributed by atoms with Crippen molar-refractivity contribution in [2.45, 2.75) is 85.0 Å². The maximum atomic E-state index is 5.85. The Labute approximate surface area is 138 Å². The summed E-state index contributed by atoms with van der Waals surface area (Å²) >= 11 is 0. The van der Waals surface area contributed by atoms with E-state index in [2.05, 4.69) is 6.92 Å². The first-order valence-electron chi connectivity index (χ1n) is 9.29. The molecule has 134 valence electrons. The number of hydrogen-bond donors (Lipinski definition) is 1. The third-order valence-corrected chi connectivity index (χ3v) is 3.92. The van der Waals surface area contributed by atoms with Gasteiger partial charge in [-0.3, -0.25) is 0 Å². The third kappa shape index (κ3) is 9.78. The van der Waals surface area contributed by atoms with Crippen LogP contribution in [0.1, 0.15) is 79.1 Å². The average Bonchev–Trinajstić information content (AvgIpc) is 2.48. The van der Waals surface area contributed by atoms with Crippen LogP contribution < -0.4 is 5.73 Å². The summed E-state index contributed by atoms with van der Waals surface area (Å²) in [6, 6.07) is 0. The van der Waals surface area contributed by atoms with Gasteiger partial charge in [-0.25, -0.2) is 0 Å². The molecule has 1 atom stereocenters. The Balaban J connectivity index is 4.53. The minimum absolute atomic E-state index is 0.497. The third-order valence-electron chi connectivity index (χ3n) is 3.92. The van der Waals surface area contributed by atoms with E-state index in [9.17, 15) is 0 Å². The van der Waals surface area contributed by atoms with E-state index in [1.54, 1.807) is 0 Å². The highest BCUT2D eigenvalue weighted by molar-refractivity contribution is 4.69. The molecule has 0 aromatic heterocycles. The van der Waals surface area contributed by atoms with Gasteiger partial charge in [-0.2, -0.15) is 0 Å². The molecule has 1 unspecified atom stereocenters. The minimum Gasteiger partial charge on any atom is -0.330 e. The van der Waals surface area contributed by atoms with Gasteiger partial charge in [-0.1, -0.05) is 45.4 Å². The molecule has 4 nitrogen and oxygen atoms in total. The highest BCUT2D eigenvalue weighted by Gasteiger charge is 2.35. The zero-order valence-electron chi connectivity index (χ0n) is 15.4. The molecule has 22 heavy (non-hydrogen) atoms. The van der Waals surface area contributed by atoms with Crippen LogP contribution in [0.2, 0.25) is 0 Å². The highest BCUT2D eigenvalue weighted by atomic mass is 16.9. The second-order valence-electron chi connectivity index (χ2n) is 5.83. The Morgan fingerprint density at radius 1 is 0.773 bits per heavy atom. The van der Waals surface area contributed by atoms with Crippen LogP contribution in [0, 0.1) is 5.92 Å². The number of rotatable bonds is 16. The highest BCUT2D eigenvalue weighted by Crippen LogP contribution is 2.30. The zero-order chi connectivity index (χ0) is 16.7. The fourth-order valence-corrected chi connectivity index (χ4v) is 2.94. The van der Waals surface area contributed by atoms with E-state index in [1.807, 2.05) is 20.8 Å². The molecule has 4 heteroatoms. The molecule has 0 aromatic rings. The van der Waals surface area contributed by atoms with Gasteiger partial charge < -0.3 is 19.9 Å². The monoisotopic (exact) mass is 317 g/mol. The average molecular weight is 318 g/mol. The van der Waals surface area contributed by atoms with Gasteiger partial charge in [0.1, 0.15) is 0 Å². The van der Waals surface area contributed by atoms with Crippen LogP contribution in [0.4, 0.5) is 0 Å². The summed E-state index contributed by atoms with van der Waals surface area (Å²) in [5.74, 6) is -0.391. The molecule has 0 spiro atoms. The predicted molar refractivity (Wildman–Crippen MR) is 92.8 cm³/mol. The lowest BCUT2D eigenvalue weighted by Gasteiger charge is -2.35. The van der Waals surface area contributed by atoms with E-state index in [0.29, 0.717) is 32.3 Å². The number of nitrogens with two attached hydrogens (primary N) is 1. The molecular formula is C18H39NO3. The summed E-state index contributed by atoms with van der Waals surface area (Å²) in [4.78, 5) is 0. The summed E-state index contributed by atoms with van der Waals surface area (Å²) in [7, 11) is 0. The van der Waals surface area contributed by atoms with Gasteiger partial charge in [0.25, 0.3) is 5.97 Å². The number of hydrogen-bond acceptors (Lipinski definition) is 4. The fraction of sp³-hybridized carbons (Fsp3) is 1.00. The van der Waals surface area contributed by atoms with Gasteiger partial charge in [0.15, 0.2) is 0 Å². The van der Waals surface area contributed by atoms with Crippen LogP contribution >= 0.6 is 0 Å². The van der Waals surface area contributed by atoms with E-state index >= 15 is 0 Å². The van der Waals surface area contributed by atoms with Crippen molar-refractivity contribution in [1.29, 1.82) is 0 Å². The van der Waals surface area contributed by atoms with E-state index in [1.165, 1.54) is 38.5 Å². The fourth-order valence-electron chi connectivity index (χ4n) is 2.94. The maximum Gasteiger partial charge on any atom is 0.283 e. The van der Waals surface area contributed by atoms with E-state index < -0.39 is 5.97 Å². The Morgan fingerprint density at radius 3 is 1.77 bits per heavy atom. The summed E-state index contributed by atoms with van der Waals surface area (Å²) in [5.41, 5.74) is 5.80.